The molecule has 1 aromatic heterocycles. The molecule has 0 aliphatic heterocycles. The maximum absolute atomic E-state index is 8.78. The summed E-state index contributed by atoms with van der Waals surface area (Å²) >= 11 is 0. The summed E-state index contributed by atoms with van der Waals surface area (Å²) in [6.45, 7) is 0.418. The topological polar surface area (TPSA) is 71.9 Å². The van der Waals surface area contributed by atoms with Crippen molar-refractivity contribution in [2.45, 2.75) is 6.61 Å². The van der Waals surface area contributed by atoms with Gasteiger partial charge in [-0.2, -0.15) is 5.26 Å². The number of ether oxygens (including phenoxy) is 1. The van der Waals surface area contributed by atoms with Gasteiger partial charge in [0.2, 0.25) is 0 Å². The molecule has 0 aliphatic rings. The second kappa shape index (κ2) is 5.51. The molecule has 3 rings (SSSR count). The predicted octanol–water partition coefficient (Wildman–Crippen LogP) is 3.27. The zero-order valence-electron chi connectivity index (χ0n) is 11.3. The van der Waals surface area contributed by atoms with Crippen LogP contribution in [0.2, 0.25) is 0 Å². The van der Waals surface area contributed by atoms with Crippen LogP contribution in [0, 0.1) is 11.3 Å². The fourth-order valence-corrected chi connectivity index (χ4v) is 2.12. The first-order valence-electron chi connectivity index (χ1n) is 6.53. The zero-order valence-corrected chi connectivity index (χ0v) is 11.3. The molecule has 0 aliphatic carbocycles. The van der Waals surface area contributed by atoms with Gasteiger partial charge in [0.25, 0.3) is 0 Å². The third-order valence-corrected chi connectivity index (χ3v) is 3.24. The van der Waals surface area contributed by atoms with Crippen LogP contribution in [0.25, 0.3) is 10.9 Å². The normalized spacial score (nSPS) is 10.2. The van der Waals surface area contributed by atoms with E-state index in [1.165, 1.54) is 0 Å². The molecule has 0 radical (unpaired) electrons. The zero-order chi connectivity index (χ0) is 14.7. The highest BCUT2D eigenvalue weighted by Crippen LogP contribution is 2.28. The van der Waals surface area contributed by atoms with Crippen molar-refractivity contribution in [2.75, 3.05) is 5.73 Å². The minimum absolute atomic E-state index is 0.418. The van der Waals surface area contributed by atoms with E-state index in [0.29, 0.717) is 23.6 Å². The lowest BCUT2D eigenvalue weighted by Crippen LogP contribution is -1.98. The van der Waals surface area contributed by atoms with E-state index in [2.05, 4.69) is 11.1 Å². The molecule has 2 N–H and O–H groups in total. The smallest absolute Gasteiger partial charge is 0.146 e. The first kappa shape index (κ1) is 12.9. The number of rotatable bonds is 3. The van der Waals surface area contributed by atoms with Gasteiger partial charge in [0.1, 0.15) is 17.9 Å². The molecule has 3 aromatic rings. The summed E-state index contributed by atoms with van der Waals surface area (Å²) in [6.07, 6.45) is 1.72. The summed E-state index contributed by atoms with van der Waals surface area (Å²) in [6, 6.07) is 16.8. The Morgan fingerprint density at radius 2 is 1.90 bits per heavy atom. The van der Waals surface area contributed by atoms with E-state index in [1.807, 2.05) is 36.4 Å². The van der Waals surface area contributed by atoms with Crippen molar-refractivity contribution in [2.24, 2.45) is 0 Å². The predicted molar refractivity (Wildman–Crippen MR) is 81.6 cm³/mol. The number of pyridine rings is 1. The van der Waals surface area contributed by atoms with Crippen molar-refractivity contribution in [1.82, 2.24) is 4.98 Å². The average molecular weight is 275 g/mol. The quantitative estimate of drug-likeness (QED) is 0.745. The molecule has 2 aromatic carbocycles. The molecule has 0 amide bonds. The summed E-state index contributed by atoms with van der Waals surface area (Å²) < 4.78 is 5.83. The molecule has 0 spiro atoms. The summed E-state index contributed by atoms with van der Waals surface area (Å²) in [7, 11) is 0. The Morgan fingerprint density at radius 1 is 1.10 bits per heavy atom. The molecule has 1 heterocycles. The van der Waals surface area contributed by atoms with E-state index in [-0.39, 0.29) is 0 Å². The molecule has 4 heteroatoms. The highest BCUT2D eigenvalue weighted by molar-refractivity contribution is 5.94. The molecular formula is C17H13N3O. The van der Waals surface area contributed by atoms with Gasteiger partial charge in [0, 0.05) is 17.3 Å². The fraction of sp³-hybridized carbons (Fsp3) is 0.0588. The van der Waals surface area contributed by atoms with Gasteiger partial charge in [-0.1, -0.05) is 12.1 Å². The molecular weight excluding hydrogens is 262 g/mol. The van der Waals surface area contributed by atoms with E-state index in [4.69, 9.17) is 15.7 Å². The Labute approximate surface area is 122 Å². The minimum Gasteiger partial charge on any atom is -0.487 e. The number of fused-ring (bicyclic) bond motifs is 1. The second-order valence-corrected chi connectivity index (χ2v) is 4.65. The van der Waals surface area contributed by atoms with E-state index in [9.17, 15) is 0 Å². The number of nitrogens with zero attached hydrogens (tertiary/aromatic N) is 2. The number of nitrogens with two attached hydrogens (primary N) is 1. The Bertz CT molecular complexity index is 820. The standard InChI is InChI=1S/C17H13N3O/c18-10-12-3-5-13(6-4-12)11-21-16-8-7-15(19)14-2-1-9-20-17(14)16/h1-9H,11,19H2. The van der Waals surface area contributed by atoms with Crippen LogP contribution in [0.5, 0.6) is 5.75 Å². The number of nitrogen functional groups attached to an aromatic ring is 1. The number of nitriles is 1. The van der Waals surface area contributed by atoms with Gasteiger partial charge in [0.05, 0.1) is 11.6 Å². The molecule has 102 valence electrons. The van der Waals surface area contributed by atoms with Gasteiger partial charge in [-0.3, -0.25) is 4.98 Å². The highest BCUT2D eigenvalue weighted by atomic mass is 16.5. The van der Waals surface area contributed by atoms with Crippen LogP contribution in [-0.4, -0.2) is 4.98 Å². The van der Waals surface area contributed by atoms with Crippen LogP contribution >= 0.6 is 0 Å². The summed E-state index contributed by atoms with van der Waals surface area (Å²) in [5.41, 5.74) is 9.01. The van der Waals surface area contributed by atoms with Gasteiger partial charge < -0.3 is 10.5 Å². The highest BCUT2D eigenvalue weighted by Gasteiger charge is 2.06. The number of anilines is 1. The lowest BCUT2D eigenvalue weighted by molar-refractivity contribution is 0.309. The largest absolute Gasteiger partial charge is 0.487 e. The van der Waals surface area contributed by atoms with Crippen LogP contribution in [0.1, 0.15) is 11.1 Å². The molecule has 0 bridgehead atoms. The number of benzene rings is 2. The minimum atomic E-state index is 0.418. The Morgan fingerprint density at radius 3 is 2.67 bits per heavy atom. The Kier molecular flexibility index (Phi) is 3.40. The van der Waals surface area contributed by atoms with E-state index >= 15 is 0 Å². The lowest BCUT2D eigenvalue weighted by atomic mass is 10.1. The maximum atomic E-state index is 8.78. The van der Waals surface area contributed by atoms with Gasteiger partial charge in [0.15, 0.2) is 0 Å². The van der Waals surface area contributed by atoms with Crippen molar-refractivity contribution < 1.29 is 4.74 Å². The third kappa shape index (κ3) is 2.63. The van der Waals surface area contributed by atoms with Crippen molar-refractivity contribution in [3.05, 3.63) is 65.9 Å². The third-order valence-electron chi connectivity index (χ3n) is 3.24. The maximum Gasteiger partial charge on any atom is 0.146 e. The van der Waals surface area contributed by atoms with E-state index in [1.54, 1.807) is 18.3 Å². The number of hydrogen-bond acceptors (Lipinski definition) is 4. The molecule has 0 unspecified atom stereocenters. The van der Waals surface area contributed by atoms with Gasteiger partial charge in [-0.05, 0) is 42.0 Å². The van der Waals surface area contributed by atoms with Gasteiger partial charge in [-0.15, -0.1) is 0 Å². The van der Waals surface area contributed by atoms with Crippen molar-refractivity contribution in [3.63, 3.8) is 0 Å². The van der Waals surface area contributed by atoms with E-state index < -0.39 is 0 Å². The molecule has 4 nitrogen and oxygen atoms in total. The van der Waals surface area contributed by atoms with E-state index in [0.717, 1.165) is 16.5 Å². The summed E-state index contributed by atoms with van der Waals surface area (Å²) in [5, 5.41) is 9.66. The molecule has 0 saturated heterocycles. The second-order valence-electron chi connectivity index (χ2n) is 4.65. The molecule has 0 saturated carbocycles. The van der Waals surface area contributed by atoms with Crippen molar-refractivity contribution in [3.8, 4) is 11.8 Å². The first-order valence-corrected chi connectivity index (χ1v) is 6.53. The number of hydrogen-bond donors (Lipinski definition) is 1. The van der Waals surface area contributed by atoms with Crippen molar-refractivity contribution >= 4 is 16.6 Å². The molecule has 0 atom stereocenters. The SMILES string of the molecule is N#Cc1ccc(COc2ccc(N)c3cccnc23)cc1. The first-order chi connectivity index (χ1) is 10.3. The number of aromatic nitrogens is 1. The summed E-state index contributed by atoms with van der Waals surface area (Å²) in [5.74, 6) is 0.698. The van der Waals surface area contributed by atoms with Gasteiger partial charge in [-0.25, -0.2) is 0 Å². The Balaban J connectivity index is 1.85. The van der Waals surface area contributed by atoms with Crippen LogP contribution in [0.4, 0.5) is 5.69 Å². The summed E-state index contributed by atoms with van der Waals surface area (Å²) in [4.78, 5) is 4.33. The monoisotopic (exact) mass is 275 g/mol. The molecule has 0 fully saturated rings. The van der Waals surface area contributed by atoms with Gasteiger partial charge >= 0.3 is 0 Å². The fourth-order valence-electron chi connectivity index (χ4n) is 2.12. The van der Waals surface area contributed by atoms with Crippen LogP contribution in [0.3, 0.4) is 0 Å². The van der Waals surface area contributed by atoms with Crippen LogP contribution < -0.4 is 10.5 Å². The average Bonchev–Trinajstić information content (AvgIpc) is 2.55. The van der Waals surface area contributed by atoms with Crippen molar-refractivity contribution in [1.29, 1.82) is 5.26 Å². The Hall–Kier alpha value is -3.06. The van der Waals surface area contributed by atoms with Crippen LogP contribution in [0.15, 0.2) is 54.7 Å². The molecule has 21 heavy (non-hydrogen) atoms. The lowest BCUT2D eigenvalue weighted by Gasteiger charge is -2.10. The van der Waals surface area contributed by atoms with Crippen LogP contribution in [-0.2, 0) is 6.61 Å².